The van der Waals surface area contributed by atoms with Crippen molar-refractivity contribution < 1.29 is 4.74 Å². The number of allylic oxidation sites excluding steroid dienone is 5. The van der Waals surface area contributed by atoms with Crippen LogP contribution in [-0.4, -0.2) is 35.7 Å². The maximum absolute atomic E-state index is 5.82. The Morgan fingerprint density at radius 1 is 1.26 bits per heavy atom. The van der Waals surface area contributed by atoms with Crippen LogP contribution in [0.2, 0.25) is 0 Å². The van der Waals surface area contributed by atoms with Gasteiger partial charge in [-0.25, -0.2) is 0 Å². The van der Waals surface area contributed by atoms with E-state index in [1.165, 1.54) is 25.0 Å². The molecular formula is C17H23NO. The summed E-state index contributed by atoms with van der Waals surface area (Å²) in [6, 6.07) is 1.43. The van der Waals surface area contributed by atoms with Gasteiger partial charge in [-0.1, -0.05) is 36.0 Å². The van der Waals surface area contributed by atoms with Gasteiger partial charge >= 0.3 is 0 Å². The highest BCUT2D eigenvalue weighted by Gasteiger charge is 2.66. The summed E-state index contributed by atoms with van der Waals surface area (Å²) < 4.78 is 5.82. The lowest BCUT2D eigenvalue weighted by Crippen LogP contribution is -2.46. The van der Waals surface area contributed by atoms with Crippen molar-refractivity contribution in [3.63, 3.8) is 0 Å². The lowest BCUT2D eigenvalue weighted by molar-refractivity contribution is 0.150. The fraction of sp³-hybridized carbons (Fsp3) is 0.647. The largest absolute Gasteiger partial charge is 0.368 e. The molecule has 0 aromatic rings. The highest BCUT2D eigenvalue weighted by molar-refractivity contribution is 5.25. The van der Waals surface area contributed by atoms with Gasteiger partial charge in [-0.3, -0.25) is 4.90 Å². The van der Waals surface area contributed by atoms with Crippen LogP contribution >= 0.6 is 0 Å². The van der Waals surface area contributed by atoms with Crippen molar-refractivity contribution in [2.75, 3.05) is 6.54 Å². The molecule has 2 nitrogen and oxygen atoms in total. The molecule has 0 bridgehead atoms. The summed E-state index contributed by atoms with van der Waals surface area (Å²) in [5.41, 5.74) is 1.32. The minimum atomic E-state index is 0.586. The lowest BCUT2D eigenvalue weighted by atomic mass is 10.00. The van der Waals surface area contributed by atoms with Gasteiger partial charge in [-0.2, -0.15) is 0 Å². The Morgan fingerprint density at radius 2 is 2.16 bits per heavy atom. The topological polar surface area (TPSA) is 15.8 Å². The molecule has 3 saturated heterocycles. The fourth-order valence-electron chi connectivity index (χ4n) is 4.14. The molecule has 102 valence electrons. The summed E-state index contributed by atoms with van der Waals surface area (Å²) in [7, 11) is 0. The molecule has 1 aliphatic carbocycles. The standard InChI is InChI=1S/C17H23NO/c1-3-11(2)6-4-5-7-14-12-10-13(12)16-17-15(19-17)8-9-18(14)16/h3-7,12-17H,8-10H2,1-2H3. The number of rotatable bonds is 3. The predicted octanol–water partition coefficient (Wildman–Crippen LogP) is 2.93. The Bertz CT molecular complexity index is 464. The number of nitrogens with zero attached hydrogens (tertiary/aromatic N) is 1. The average Bonchev–Trinajstić information content (AvgIpc) is 3.32. The first-order valence-corrected chi connectivity index (χ1v) is 7.68. The van der Waals surface area contributed by atoms with E-state index in [1.54, 1.807) is 0 Å². The molecule has 6 atom stereocenters. The van der Waals surface area contributed by atoms with E-state index >= 15 is 0 Å². The van der Waals surface area contributed by atoms with Crippen molar-refractivity contribution >= 4 is 0 Å². The third-order valence-corrected chi connectivity index (χ3v) is 5.40. The second-order valence-electron chi connectivity index (χ2n) is 6.49. The maximum atomic E-state index is 5.82. The van der Waals surface area contributed by atoms with Gasteiger partial charge in [0.2, 0.25) is 0 Å². The van der Waals surface area contributed by atoms with Crippen molar-refractivity contribution in [3.8, 4) is 0 Å². The molecule has 4 rings (SSSR count). The summed E-state index contributed by atoms with van der Waals surface area (Å²) in [5, 5.41) is 0. The zero-order valence-electron chi connectivity index (χ0n) is 11.8. The minimum Gasteiger partial charge on any atom is -0.368 e. The highest BCUT2D eigenvalue weighted by atomic mass is 16.6. The summed E-state index contributed by atoms with van der Waals surface area (Å²) in [6.45, 7) is 5.47. The van der Waals surface area contributed by atoms with Crippen LogP contribution in [0.15, 0.2) is 36.0 Å². The molecule has 19 heavy (non-hydrogen) atoms. The molecule has 0 N–H and O–H groups in total. The first kappa shape index (κ1) is 11.9. The molecule has 3 heterocycles. The van der Waals surface area contributed by atoms with Gasteiger partial charge < -0.3 is 4.74 Å². The first-order valence-electron chi connectivity index (χ1n) is 7.68. The van der Waals surface area contributed by atoms with Crippen molar-refractivity contribution in [2.24, 2.45) is 11.8 Å². The molecule has 2 heteroatoms. The van der Waals surface area contributed by atoms with E-state index in [0.29, 0.717) is 18.2 Å². The molecule has 4 aliphatic rings. The summed E-state index contributed by atoms with van der Waals surface area (Å²) in [4.78, 5) is 2.72. The number of fused-ring (bicyclic) bond motifs is 5. The highest BCUT2D eigenvalue weighted by Crippen LogP contribution is 2.59. The smallest absolute Gasteiger partial charge is 0.1000 e. The van der Waals surface area contributed by atoms with E-state index < -0.39 is 0 Å². The van der Waals surface area contributed by atoms with E-state index in [4.69, 9.17) is 4.74 Å². The van der Waals surface area contributed by atoms with Crippen LogP contribution in [0.3, 0.4) is 0 Å². The Balaban J connectivity index is 1.44. The Labute approximate surface area is 115 Å². The Hall–Kier alpha value is -0.860. The van der Waals surface area contributed by atoms with E-state index in [-0.39, 0.29) is 0 Å². The summed E-state index contributed by atoms with van der Waals surface area (Å²) in [5.74, 6) is 1.85. The van der Waals surface area contributed by atoms with Gasteiger partial charge in [-0.15, -0.1) is 0 Å². The summed E-state index contributed by atoms with van der Waals surface area (Å²) >= 11 is 0. The third-order valence-electron chi connectivity index (χ3n) is 5.40. The van der Waals surface area contributed by atoms with Crippen molar-refractivity contribution in [2.45, 2.75) is 51.0 Å². The molecule has 3 aliphatic heterocycles. The van der Waals surface area contributed by atoms with Crippen LogP contribution in [0, 0.1) is 11.8 Å². The number of epoxide rings is 1. The quantitative estimate of drug-likeness (QED) is 0.571. The van der Waals surface area contributed by atoms with E-state index in [1.807, 2.05) is 0 Å². The van der Waals surface area contributed by atoms with Crippen LogP contribution in [0.25, 0.3) is 0 Å². The molecule has 4 fully saturated rings. The second-order valence-corrected chi connectivity index (χ2v) is 6.49. The monoisotopic (exact) mass is 257 g/mol. The minimum absolute atomic E-state index is 0.586. The van der Waals surface area contributed by atoms with Crippen molar-refractivity contribution in [1.29, 1.82) is 0 Å². The predicted molar refractivity (Wildman–Crippen MR) is 76.9 cm³/mol. The Morgan fingerprint density at radius 3 is 3.00 bits per heavy atom. The molecule has 0 aromatic carbocycles. The van der Waals surface area contributed by atoms with Crippen molar-refractivity contribution in [3.05, 3.63) is 36.0 Å². The van der Waals surface area contributed by atoms with Crippen LogP contribution in [-0.2, 0) is 4.74 Å². The van der Waals surface area contributed by atoms with E-state index in [2.05, 4.69) is 49.1 Å². The zero-order valence-corrected chi connectivity index (χ0v) is 11.8. The molecule has 0 amide bonds. The van der Waals surface area contributed by atoms with E-state index in [0.717, 1.165) is 17.9 Å². The second kappa shape index (κ2) is 4.32. The molecule has 6 unspecified atom stereocenters. The number of piperidine rings is 2. The van der Waals surface area contributed by atoms with Crippen LogP contribution in [0.4, 0.5) is 0 Å². The third kappa shape index (κ3) is 1.93. The van der Waals surface area contributed by atoms with Gasteiger partial charge in [0.05, 0.1) is 12.2 Å². The zero-order chi connectivity index (χ0) is 13.0. The first-order chi connectivity index (χ1) is 9.29. The van der Waals surface area contributed by atoms with Gasteiger partial charge in [0.15, 0.2) is 0 Å². The van der Waals surface area contributed by atoms with Gasteiger partial charge in [0.1, 0.15) is 0 Å². The number of hydrogen-bond acceptors (Lipinski definition) is 2. The van der Waals surface area contributed by atoms with Crippen LogP contribution < -0.4 is 0 Å². The van der Waals surface area contributed by atoms with Crippen LogP contribution in [0.1, 0.15) is 26.7 Å². The molecule has 0 radical (unpaired) electrons. The molecular weight excluding hydrogens is 234 g/mol. The van der Waals surface area contributed by atoms with E-state index in [9.17, 15) is 0 Å². The van der Waals surface area contributed by atoms with Gasteiger partial charge in [0.25, 0.3) is 0 Å². The number of ether oxygens (including phenoxy) is 1. The van der Waals surface area contributed by atoms with Crippen molar-refractivity contribution in [1.82, 2.24) is 4.90 Å². The lowest BCUT2D eigenvalue weighted by Gasteiger charge is -2.33. The van der Waals surface area contributed by atoms with Crippen LogP contribution in [0.5, 0.6) is 0 Å². The normalized spacial score (nSPS) is 48.4. The maximum Gasteiger partial charge on any atom is 0.1000 e. The SMILES string of the molecule is CC=C(C)C=CC=CC1C2CC2C2C3OC3CCN12. The molecule has 0 spiro atoms. The molecule has 1 saturated carbocycles. The van der Waals surface area contributed by atoms with Gasteiger partial charge in [-0.05, 0) is 38.5 Å². The average molecular weight is 257 g/mol. The van der Waals surface area contributed by atoms with Gasteiger partial charge in [0, 0.05) is 18.6 Å². The molecule has 0 aromatic heterocycles. The number of hydrogen-bond donors (Lipinski definition) is 0. The summed E-state index contributed by atoms with van der Waals surface area (Å²) in [6.07, 6.45) is 15.1. The Kier molecular flexibility index (Phi) is 2.71. The fourth-order valence-corrected chi connectivity index (χ4v) is 4.14.